The maximum atomic E-state index is 12.0. The van der Waals surface area contributed by atoms with E-state index >= 15 is 0 Å². The van der Waals surface area contributed by atoms with Crippen LogP contribution in [0.4, 0.5) is 0 Å². The lowest BCUT2D eigenvalue weighted by Gasteiger charge is -2.08. The minimum absolute atomic E-state index is 0.0235. The zero-order valence-corrected chi connectivity index (χ0v) is 14.4. The molecule has 0 radical (unpaired) electrons. The number of unbranched alkanes of at least 4 members (excludes halogenated alkanes) is 1. The first-order valence-electron chi connectivity index (χ1n) is 6.67. The van der Waals surface area contributed by atoms with E-state index in [0.717, 1.165) is 19.3 Å². The highest BCUT2D eigenvalue weighted by Gasteiger charge is 2.15. The molecule has 0 aromatic heterocycles. The Labute approximate surface area is 131 Å². The number of sulfonamides is 1. The summed E-state index contributed by atoms with van der Waals surface area (Å²) in [7, 11) is -2.28. The lowest BCUT2D eigenvalue weighted by atomic mass is 10.1. The van der Waals surface area contributed by atoms with Crippen molar-refractivity contribution in [3.63, 3.8) is 0 Å². The molecule has 0 atom stereocenters. The summed E-state index contributed by atoms with van der Waals surface area (Å²) in [6.45, 7) is 4.61. The average molecular weight is 354 g/mol. The summed E-state index contributed by atoms with van der Waals surface area (Å²) in [5, 5.41) is 0. The molecule has 0 spiro atoms. The Morgan fingerprint density at radius 1 is 1.00 bits per heavy atom. The first-order chi connectivity index (χ1) is 9.63. The van der Waals surface area contributed by atoms with Crippen LogP contribution in [0.2, 0.25) is 0 Å². The molecule has 1 aromatic carbocycles. The van der Waals surface area contributed by atoms with Crippen molar-refractivity contribution in [1.82, 2.24) is 4.72 Å². The van der Waals surface area contributed by atoms with Gasteiger partial charge in [-0.05, 0) is 36.6 Å². The highest BCUT2D eigenvalue weighted by Crippen LogP contribution is 2.17. The summed E-state index contributed by atoms with van der Waals surface area (Å²) in [5.41, 5.74) is 0. The standard InChI is InChI=1S/C13H20ClNO4S2/c1-11(2)5-3-4-10-15-21(18,19)13-8-6-12(7-9-13)20(14,16)17/h6-9,11,15H,3-5,10H2,1-2H3. The second-order valence-corrected chi connectivity index (χ2v) is 9.53. The van der Waals surface area contributed by atoms with E-state index in [1.54, 1.807) is 0 Å². The number of halogens is 1. The lowest BCUT2D eigenvalue weighted by Crippen LogP contribution is -2.24. The molecule has 1 aromatic rings. The van der Waals surface area contributed by atoms with Crippen molar-refractivity contribution in [2.45, 2.75) is 42.9 Å². The summed E-state index contributed by atoms with van der Waals surface area (Å²) < 4.78 is 48.7. The number of nitrogens with one attached hydrogen (secondary N) is 1. The number of hydrogen-bond donors (Lipinski definition) is 1. The first kappa shape index (κ1) is 18.4. The Morgan fingerprint density at radius 3 is 2.00 bits per heavy atom. The molecule has 0 aliphatic carbocycles. The molecule has 1 rings (SSSR count). The topological polar surface area (TPSA) is 80.3 Å². The molecule has 0 aliphatic heterocycles. The predicted octanol–water partition coefficient (Wildman–Crippen LogP) is 2.72. The molecule has 0 unspecified atom stereocenters. The third-order valence-corrected chi connectivity index (χ3v) is 5.76. The molecule has 120 valence electrons. The molecule has 5 nitrogen and oxygen atoms in total. The Hall–Kier alpha value is -0.630. The van der Waals surface area contributed by atoms with E-state index in [1.807, 2.05) is 0 Å². The highest BCUT2D eigenvalue weighted by molar-refractivity contribution is 8.13. The van der Waals surface area contributed by atoms with Crippen LogP contribution in [0.25, 0.3) is 0 Å². The molecule has 0 aliphatic rings. The van der Waals surface area contributed by atoms with Gasteiger partial charge in [-0.25, -0.2) is 21.6 Å². The van der Waals surface area contributed by atoms with Crippen LogP contribution < -0.4 is 4.72 Å². The van der Waals surface area contributed by atoms with Crippen LogP contribution in [0.1, 0.15) is 33.1 Å². The van der Waals surface area contributed by atoms with E-state index in [2.05, 4.69) is 18.6 Å². The monoisotopic (exact) mass is 353 g/mol. The van der Waals surface area contributed by atoms with Gasteiger partial charge in [0.15, 0.2) is 0 Å². The van der Waals surface area contributed by atoms with E-state index in [1.165, 1.54) is 24.3 Å². The maximum absolute atomic E-state index is 12.0. The Morgan fingerprint density at radius 2 is 1.52 bits per heavy atom. The molecule has 0 amide bonds. The Balaban J connectivity index is 2.63. The zero-order valence-electron chi connectivity index (χ0n) is 12.0. The van der Waals surface area contributed by atoms with Crippen LogP contribution in [0.3, 0.4) is 0 Å². The lowest BCUT2D eigenvalue weighted by molar-refractivity contribution is 0.530. The summed E-state index contributed by atoms with van der Waals surface area (Å²) in [5.74, 6) is 0.603. The molecule has 8 heteroatoms. The summed E-state index contributed by atoms with van der Waals surface area (Å²) in [6.07, 6.45) is 2.79. The van der Waals surface area contributed by atoms with Gasteiger partial charge in [0.25, 0.3) is 9.05 Å². The van der Waals surface area contributed by atoms with Gasteiger partial charge in [-0.2, -0.15) is 0 Å². The van der Waals surface area contributed by atoms with Crippen molar-refractivity contribution in [2.24, 2.45) is 5.92 Å². The van der Waals surface area contributed by atoms with E-state index in [-0.39, 0.29) is 9.79 Å². The average Bonchev–Trinajstić information content (AvgIpc) is 2.37. The van der Waals surface area contributed by atoms with E-state index in [4.69, 9.17) is 10.7 Å². The molecule has 0 fully saturated rings. The van der Waals surface area contributed by atoms with Crippen LogP contribution in [0.5, 0.6) is 0 Å². The molecule has 1 N–H and O–H groups in total. The third kappa shape index (κ3) is 6.34. The molecular weight excluding hydrogens is 334 g/mol. The van der Waals surface area contributed by atoms with Crippen molar-refractivity contribution < 1.29 is 16.8 Å². The Kier molecular flexibility index (Phi) is 6.65. The van der Waals surface area contributed by atoms with Gasteiger partial charge in [-0.1, -0.05) is 26.7 Å². The van der Waals surface area contributed by atoms with Crippen LogP contribution in [-0.2, 0) is 19.1 Å². The third-order valence-electron chi connectivity index (χ3n) is 2.92. The summed E-state index contributed by atoms with van der Waals surface area (Å²) in [4.78, 5) is -0.101. The van der Waals surface area contributed by atoms with E-state index in [0.29, 0.717) is 12.5 Å². The van der Waals surface area contributed by atoms with Crippen LogP contribution >= 0.6 is 10.7 Å². The van der Waals surface area contributed by atoms with Crippen molar-refractivity contribution in [2.75, 3.05) is 6.54 Å². The van der Waals surface area contributed by atoms with Crippen molar-refractivity contribution in [3.8, 4) is 0 Å². The minimum Gasteiger partial charge on any atom is -0.211 e. The first-order valence-corrected chi connectivity index (χ1v) is 10.5. The predicted molar refractivity (Wildman–Crippen MR) is 83.4 cm³/mol. The zero-order chi connectivity index (χ0) is 16.1. The number of rotatable bonds is 8. The fourth-order valence-electron chi connectivity index (χ4n) is 1.75. The normalized spacial score (nSPS) is 12.8. The van der Waals surface area contributed by atoms with Gasteiger partial charge in [0.2, 0.25) is 10.0 Å². The Bertz CT molecular complexity index is 652. The molecular formula is C13H20ClNO4S2. The van der Waals surface area contributed by atoms with Crippen molar-refractivity contribution in [3.05, 3.63) is 24.3 Å². The summed E-state index contributed by atoms with van der Waals surface area (Å²) in [6, 6.07) is 4.81. The van der Waals surface area contributed by atoms with Crippen molar-refractivity contribution in [1.29, 1.82) is 0 Å². The van der Waals surface area contributed by atoms with Gasteiger partial charge in [-0.15, -0.1) is 0 Å². The second-order valence-electron chi connectivity index (χ2n) is 5.20. The minimum atomic E-state index is -3.84. The van der Waals surface area contributed by atoms with Crippen LogP contribution in [0.15, 0.2) is 34.1 Å². The molecule has 0 saturated carbocycles. The maximum Gasteiger partial charge on any atom is 0.261 e. The van der Waals surface area contributed by atoms with E-state index < -0.39 is 19.1 Å². The van der Waals surface area contributed by atoms with Gasteiger partial charge < -0.3 is 0 Å². The summed E-state index contributed by atoms with van der Waals surface area (Å²) >= 11 is 0. The molecule has 21 heavy (non-hydrogen) atoms. The highest BCUT2D eigenvalue weighted by atomic mass is 35.7. The van der Waals surface area contributed by atoms with Gasteiger partial charge >= 0.3 is 0 Å². The second kappa shape index (κ2) is 7.58. The van der Waals surface area contributed by atoms with E-state index in [9.17, 15) is 16.8 Å². The fraction of sp³-hybridized carbons (Fsp3) is 0.538. The van der Waals surface area contributed by atoms with Crippen molar-refractivity contribution >= 4 is 29.8 Å². The fourth-order valence-corrected chi connectivity index (χ4v) is 3.59. The van der Waals surface area contributed by atoms with Gasteiger partial charge in [0.1, 0.15) is 0 Å². The van der Waals surface area contributed by atoms with Crippen LogP contribution in [-0.4, -0.2) is 23.4 Å². The van der Waals surface area contributed by atoms with Gasteiger partial charge in [0, 0.05) is 17.2 Å². The van der Waals surface area contributed by atoms with Crippen LogP contribution in [0, 0.1) is 5.92 Å². The molecule has 0 heterocycles. The largest absolute Gasteiger partial charge is 0.261 e. The SMILES string of the molecule is CC(C)CCCCNS(=O)(=O)c1ccc(S(=O)(=O)Cl)cc1. The molecule has 0 bridgehead atoms. The smallest absolute Gasteiger partial charge is 0.211 e. The number of hydrogen-bond acceptors (Lipinski definition) is 4. The number of benzene rings is 1. The van der Waals surface area contributed by atoms with Gasteiger partial charge in [-0.3, -0.25) is 0 Å². The van der Waals surface area contributed by atoms with Gasteiger partial charge in [0.05, 0.1) is 9.79 Å². The molecule has 0 saturated heterocycles. The quantitative estimate of drug-likeness (QED) is 0.575.